The lowest BCUT2D eigenvalue weighted by atomic mass is 10.2. The topological polar surface area (TPSA) is 53.9 Å². The summed E-state index contributed by atoms with van der Waals surface area (Å²) in [6.45, 7) is 3.09. The van der Waals surface area contributed by atoms with Gasteiger partial charge in [-0.2, -0.15) is 0 Å². The van der Waals surface area contributed by atoms with Crippen LogP contribution in [-0.4, -0.2) is 28.5 Å². The number of fused-ring (bicyclic) bond motifs is 1. The van der Waals surface area contributed by atoms with Gasteiger partial charge in [0.25, 0.3) is 0 Å². The van der Waals surface area contributed by atoms with Crippen molar-refractivity contribution in [3.63, 3.8) is 0 Å². The van der Waals surface area contributed by atoms with Gasteiger partial charge in [0.1, 0.15) is 11.3 Å². The Bertz CT molecular complexity index is 756. The Labute approximate surface area is 123 Å². The van der Waals surface area contributed by atoms with Gasteiger partial charge in [-0.1, -0.05) is 6.07 Å². The molecule has 0 atom stereocenters. The first kappa shape index (κ1) is 13.3. The summed E-state index contributed by atoms with van der Waals surface area (Å²) >= 11 is 0. The normalized spacial score (nSPS) is 10.6. The minimum atomic E-state index is 0.643. The molecule has 106 valence electrons. The average molecular weight is 279 g/mol. The maximum absolute atomic E-state index is 4.47. The molecule has 1 aromatic carbocycles. The molecule has 5 nitrogen and oxygen atoms in total. The van der Waals surface area contributed by atoms with Crippen LogP contribution in [0.5, 0.6) is 0 Å². The molecule has 5 heteroatoms. The molecule has 0 bridgehead atoms. The zero-order valence-electron chi connectivity index (χ0n) is 12.1. The Kier molecular flexibility index (Phi) is 3.64. The van der Waals surface area contributed by atoms with Crippen LogP contribution < -0.4 is 10.2 Å². The van der Waals surface area contributed by atoms with Gasteiger partial charge in [-0.25, -0.2) is 9.97 Å². The van der Waals surface area contributed by atoms with Crippen molar-refractivity contribution in [1.29, 1.82) is 0 Å². The van der Waals surface area contributed by atoms with Gasteiger partial charge in [0, 0.05) is 37.4 Å². The quantitative estimate of drug-likeness (QED) is 0.794. The molecule has 3 rings (SSSR count). The summed E-state index contributed by atoms with van der Waals surface area (Å²) < 4.78 is 0. The van der Waals surface area contributed by atoms with Crippen LogP contribution in [0.1, 0.15) is 6.92 Å². The highest BCUT2D eigenvalue weighted by Gasteiger charge is 2.03. The monoisotopic (exact) mass is 279 g/mol. The molecular weight excluding hydrogens is 262 g/mol. The summed E-state index contributed by atoms with van der Waals surface area (Å²) in [5, 5.41) is 3.31. The standard InChI is InChI=1S/C16H17N5/c1-3-21(2)13-6-4-5-12(11-13)19-15-8-7-14-16(20-15)18-10-9-17-14/h4-11H,3H2,1-2H3,(H,18,19,20). The third kappa shape index (κ3) is 2.91. The fourth-order valence-corrected chi connectivity index (χ4v) is 2.08. The summed E-state index contributed by atoms with van der Waals surface area (Å²) in [7, 11) is 2.07. The number of anilines is 3. The third-order valence-corrected chi connectivity index (χ3v) is 3.37. The first-order valence-electron chi connectivity index (χ1n) is 6.92. The molecule has 2 aromatic heterocycles. The predicted octanol–water partition coefficient (Wildman–Crippen LogP) is 3.22. The largest absolute Gasteiger partial charge is 0.375 e. The van der Waals surface area contributed by atoms with E-state index in [2.05, 4.69) is 51.3 Å². The molecule has 2 heterocycles. The van der Waals surface area contributed by atoms with Crippen LogP contribution in [0.25, 0.3) is 11.2 Å². The summed E-state index contributed by atoms with van der Waals surface area (Å²) in [4.78, 5) is 15.1. The molecule has 0 saturated carbocycles. The Morgan fingerprint density at radius 1 is 1.10 bits per heavy atom. The first-order chi connectivity index (χ1) is 10.3. The lowest BCUT2D eigenvalue weighted by Gasteiger charge is -2.17. The fraction of sp³-hybridized carbons (Fsp3) is 0.188. The molecule has 1 N–H and O–H groups in total. The number of benzene rings is 1. The van der Waals surface area contributed by atoms with E-state index in [1.807, 2.05) is 24.3 Å². The Hall–Kier alpha value is -2.69. The van der Waals surface area contributed by atoms with Crippen molar-refractivity contribution in [3.05, 3.63) is 48.8 Å². The predicted molar refractivity (Wildman–Crippen MR) is 86.0 cm³/mol. The highest BCUT2D eigenvalue weighted by molar-refractivity contribution is 5.73. The van der Waals surface area contributed by atoms with Crippen LogP contribution in [0.3, 0.4) is 0 Å². The molecule has 0 saturated heterocycles. The molecule has 0 radical (unpaired) electrons. The van der Waals surface area contributed by atoms with Crippen molar-refractivity contribution >= 4 is 28.4 Å². The number of hydrogen-bond acceptors (Lipinski definition) is 5. The average Bonchev–Trinajstić information content (AvgIpc) is 2.54. The number of aromatic nitrogens is 3. The van der Waals surface area contributed by atoms with E-state index < -0.39 is 0 Å². The van der Waals surface area contributed by atoms with Crippen molar-refractivity contribution in [3.8, 4) is 0 Å². The maximum atomic E-state index is 4.47. The number of pyridine rings is 1. The molecular formula is C16H17N5. The smallest absolute Gasteiger partial charge is 0.180 e. The SMILES string of the molecule is CCN(C)c1cccc(Nc2ccc3nccnc3n2)c1. The van der Waals surface area contributed by atoms with Crippen molar-refractivity contribution in [2.75, 3.05) is 23.8 Å². The molecule has 0 aliphatic rings. The van der Waals surface area contributed by atoms with Gasteiger partial charge in [0.15, 0.2) is 5.65 Å². The van der Waals surface area contributed by atoms with E-state index >= 15 is 0 Å². The highest BCUT2D eigenvalue weighted by Crippen LogP contribution is 2.21. The summed E-state index contributed by atoms with van der Waals surface area (Å²) in [5.74, 6) is 0.763. The van der Waals surface area contributed by atoms with Gasteiger partial charge in [-0.3, -0.25) is 4.98 Å². The molecule has 0 amide bonds. The minimum absolute atomic E-state index is 0.643. The zero-order chi connectivity index (χ0) is 14.7. The van der Waals surface area contributed by atoms with Crippen LogP contribution in [0.4, 0.5) is 17.2 Å². The van der Waals surface area contributed by atoms with Crippen LogP contribution in [-0.2, 0) is 0 Å². The number of rotatable bonds is 4. The second-order valence-corrected chi connectivity index (χ2v) is 4.79. The van der Waals surface area contributed by atoms with Crippen molar-refractivity contribution in [1.82, 2.24) is 15.0 Å². The summed E-state index contributed by atoms with van der Waals surface area (Å²) in [6, 6.07) is 12.1. The second kappa shape index (κ2) is 5.75. The van der Waals surface area contributed by atoms with Crippen LogP contribution in [0, 0.1) is 0 Å². The molecule has 21 heavy (non-hydrogen) atoms. The Balaban J connectivity index is 1.87. The molecule has 0 aliphatic heterocycles. The van der Waals surface area contributed by atoms with Crippen LogP contribution >= 0.6 is 0 Å². The van der Waals surface area contributed by atoms with Gasteiger partial charge >= 0.3 is 0 Å². The zero-order valence-corrected chi connectivity index (χ0v) is 12.1. The first-order valence-corrected chi connectivity index (χ1v) is 6.92. The van der Waals surface area contributed by atoms with Crippen molar-refractivity contribution < 1.29 is 0 Å². The van der Waals surface area contributed by atoms with E-state index in [0.717, 1.165) is 23.6 Å². The van der Waals surface area contributed by atoms with E-state index in [4.69, 9.17) is 0 Å². The lowest BCUT2D eigenvalue weighted by molar-refractivity contribution is 0.968. The summed E-state index contributed by atoms with van der Waals surface area (Å²) in [5.41, 5.74) is 3.61. The van der Waals surface area contributed by atoms with E-state index in [1.165, 1.54) is 5.69 Å². The Morgan fingerprint density at radius 2 is 1.95 bits per heavy atom. The molecule has 0 fully saturated rings. The van der Waals surface area contributed by atoms with Gasteiger partial charge in [0.05, 0.1) is 0 Å². The van der Waals surface area contributed by atoms with Gasteiger partial charge in [0.2, 0.25) is 0 Å². The van der Waals surface area contributed by atoms with Gasteiger partial charge in [-0.15, -0.1) is 0 Å². The number of nitrogens with zero attached hydrogens (tertiary/aromatic N) is 4. The minimum Gasteiger partial charge on any atom is -0.375 e. The van der Waals surface area contributed by atoms with Gasteiger partial charge < -0.3 is 10.2 Å². The van der Waals surface area contributed by atoms with Gasteiger partial charge in [-0.05, 0) is 37.3 Å². The lowest BCUT2D eigenvalue weighted by Crippen LogP contribution is -2.15. The van der Waals surface area contributed by atoms with Crippen LogP contribution in [0.15, 0.2) is 48.8 Å². The fourth-order valence-electron chi connectivity index (χ4n) is 2.08. The van der Waals surface area contributed by atoms with E-state index in [1.54, 1.807) is 12.4 Å². The third-order valence-electron chi connectivity index (χ3n) is 3.37. The number of nitrogens with one attached hydrogen (secondary N) is 1. The van der Waals surface area contributed by atoms with E-state index in [-0.39, 0.29) is 0 Å². The maximum Gasteiger partial charge on any atom is 0.180 e. The van der Waals surface area contributed by atoms with E-state index in [9.17, 15) is 0 Å². The molecule has 3 aromatic rings. The van der Waals surface area contributed by atoms with Crippen LogP contribution in [0.2, 0.25) is 0 Å². The summed E-state index contributed by atoms with van der Waals surface area (Å²) in [6.07, 6.45) is 3.32. The molecule has 0 unspecified atom stereocenters. The van der Waals surface area contributed by atoms with Crippen molar-refractivity contribution in [2.45, 2.75) is 6.92 Å². The highest BCUT2D eigenvalue weighted by atomic mass is 15.1. The number of hydrogen-bond donors (Lipinski definition) is 1. The van der Waals surface area contributed by atoms with Crippen molar-refractivity contribution in [2.24, 2.45) is 0 Å². The molecule has 0 aliphatic carbocycles. The Morgan fingerprint density at radius 3 is 2.81 bits per heavy atom. The van der Waals surface area contributed by atoms with E-state index in [0.29, 0.717) is 5.65 Å². The second-order valence-electron chi connectivity index (χ2n) is 4.79. The molecule has 0 spiro atoms.